The van der Waals surface area contributed by atoms with Crippen molar-refractivity contribution < 1.29 is 9.53 Å². The molecule has 2 unspecified atom stereocenters. The lowest BCUT2D eigenvalue weighted by atomic mass is 9.71. The number of ether oxygens (including phenoxy) is 1. The first-order chi connectivity index (χ1) is 9.44. The van der Waals surface area contributed by atoms with Crippen LogP contribution >= 0.6 is 0 Å². The summed E-state index contributed by atoms with van der Waals surface area (Å²) in [5.41, 5.74) is 1.41. The van der Waals surface area contributed by atoms with Crippen molar-refractivity contribution >= 4 is 5.78 Å². The SMILES string of the molecule is CC1CC(OCC(=O)Cc2ccccc2)CC(C)(C)C1. The van der Waals surface area contributed by atoms with Gasteiger partial charge in [0.25, 0.3) is 0 Å². The van der Waals surface area contributed by atoms with Crippen molar-refractivity contribution in [2.75, 3.05) is 6.61 Å². The fraction of sp³-hybridized carbons (Fsp3) is 0.611. The Morgan fingerprint density at radius 3 is 2.60 bits per heavy atom. The van der Waals surface area contributed by atoms with Gasteiger partial charge in [-0.2, -0.15) is 0 Å². The Morgan fingerprint density at radius 2 is 1.95 bits per heavy atom. The summed E-state index contributed by atoms with van der Waals surface area (Å²) >= 11 is 0. The lowest BCUT2D eigenvalue weighted by Gasteiger charge is -2.38. The summed E-state index contributed by atoms with van der Waals surface area (Å²) in [7, 11) is 0. The number of carbonyl (C=O) groups is 1. The van der Waals surface area contributed by atoms with Crippen LogP contribution in [0.15, 0.2) is 30.3 Å². The molecule has 1 aliphatic carbocycles. The van der Waals surface area contributed by atoms with E-state index in [-0.39, 0.29) is 18.5 Å². The Bertz CT molecular complexity index is 436. The number of Topliss-reactive ketones (excluding diaryl/α,β-unsaturated/α-hetero) is 1. The molecule has 1 aliphatic rings. The summed E-state index contributed by atoms with van der Waals surface area (Å²) < 4.78 is 5.87. The summed E-state index contributed by atoms with van der Waals surface area (Å²) in [4.78, 5) is 12.0. The molecule has 1 saturated carbocycles. The second-order valence-electron chi connectivity index (χ2n) is 7.05. The Kier molecular flexibility index (Phi) is 4.98. The standard InChI is InChI=1S/C18H26O2/c1-14-9-17(12-18(2,3)11-14)20-13-16(19)10-15-7-5-4-6-8-15/h4-8,14,17H,9-13H2,1-3H3. The average Bonchev–Trinajstić information content (AvgIpc) is 2.35. The van der Waals surface area contributed by atoms with Gasteiger partial charge >= 0.3 is 0 Å². The minimum atomic E-state index is 0.173. The van der Waals surface area contributed by atoms with Crippen molar-refractivity contribution in [3.63, 3.8) is 0 Å². The minimum absolute atomic E-state index is 0.173. The van der Waals surface area contributed by atoms with E-state index in [0.29, 0.717) is 17.8 Å². The second kappa shape index (κ2) is 6.53. The van der Waals surface area contributed by atoms with Crippen molar-refractivity contribution in [1.29, 1.82) is 0 Å². The largest absolute Gasteiger partial charge is 0.370 e. The Balaban J connectivity index is 1.78. The molecule has 0 heterocycles. The molecule has 0 amide bonds. The zero-order valence-corrected chi connectivity index (χ0v) is 12.9. The van der Waals surface area contributed by atoms with Gasteiger partial charge in [0.05, 0.1) is 6.10 Å². The highest BCUT2D eigenvalue weighted by Gasteiger charge is 2.32. The van der Waals surface area contributed by atoms with Crippen LogP contribution in [-0.2, 0) is 16.0 Å². The molecule has 110 valence electrons. The third kappa shape index (κ3) is 4.75. The monoisotopic (exact) mass is 274 g/mol. The van der Waals surface area contributed by atoms with Gasteiger partial charge in [-0.05, 0) is 36.2 Å². The maximum atomic E-state index is 12.0. The maximum absolute atomic E-state index is 12.0. The van der Waals surface area contributed by atoms with Gasteiger partial charge in [0.2, 0.25) is 0 Å². The third-order valence-electron chi connectivity index (χ3n) is 4.07. The van der Waals surface area contributed by atoms with E-state index in [1.165, 1.54) is 6.42 Å². The summed E-state index contributed by atoms with van der Waals surface area (Å²) in [5, 5.41) is 0. The first kappa shape index (κ1) is 15.2. The molecule has 1 aromatic rings. The molecule has 2 atom stereocenters. The molecule has 20 heavy (non-hydrogen) atoms. The smallest absolute Gasteiger partial charge is 0.162 e. The molecule has 0 bridgehead atoms. The van der Waals surface area contributed by atoms with Gasteiger partial charge < -0.3 is 4.74 Å². The zero-order valence-electron chi connectivity index (χ0n) is 12.9. The van der Waals surface area contributed by atoms with Crippen molar-refractivity contribution in [1.82, 2.24) is 0 Å². The molecule has 1 aromatic carbocycles. The third-order valence-corrected chi connectivity index (χ3v) is 4.07. The van der Waals surface area contributed by atoms with E-state index in [4.69, 9.17) is 4.74 Å². The lowest BCUT2D eigenvalue weighted by molar-refractivity contribution is -0.127. The van der Waals surface area contributed by atoms with E-state index in [1.807, 2.05) is 30.3 Å². The van der Waals surface area contributed by atoms with E-state index in [2.05, 4.69) is 20.8 Å². The van der Waals surface area contributed by atoms with Crippen molar-refractivity contribution in [2.45, 2.75) is 52.6 Å². The van der Waals surface area contributed by atoms with Crippen molar-refractivity contribution in [3.05, 3.63) is 35.9 Å². The Labute approximate surface area is 122 Å². The van der Waals surface area contributed by atoms with Crippen LogP contribution < -0.4 is 0 Å². The number of hydrogen-bond acceptors (Lipinski definition) is 2. The minimum Gasteiger partial charge on any atom is -0.370 e. The first-order valence-electron chi connectivity index (χ1n) is 7.62. The number of benzene rings is 1. The predicted molar refractivity (Wildman–Crippen MR) is 81.7 cm³/mol. The van der Waals surface area contributed by atoms with Gasteiger partial charge in [-0.3, -0.25) is 4.79 Å². The zero-order chi connectivity index (χ0) is 14.6. The van der Waals surface area contributed by atoms with Gasteiger partial charge in [-0.25, -0.2) is 0 Å². The molecule has 0 radical (unpaired) electrons. The second-order valence-corrected chi connectivity index (χ2v) is 7.05. The van der Waals surface area contributed by atoms with Crippen molar-refractivity contribution in [2.24, 2.45) is 11.3 Å². The molecule has 0 aromatic heterocycles. The normalized spacial score (nSPS) is 25.4. The van der Waals surface area contributed by atoms with Crippen LogP contribution in [0.25, 0.3) is 0 Å². The molecule has 0 N–H and O–H groups in total. The molecular formula is C18H26O2. The van der Waals surface area contributed by atoms with Crippen LogP contribution in [0.1, 0.15) is 45.6 Å². The van der Waals surface area contributed by atoms with Crippen LogP contribution in [0.5, 0.6) is 0 Å². The predicted octanol–water partition coefficient (Wildman–Crippen LogP) is 4.03. The topological polar surface area (TPSA) is 26.3 Å². The van der Waals surface area contributed by atoms with E-state index in [9.17, 15) is 4.79 Å². The van der Waals surface area contributed by atoms with Crippen LogP contribution in [0.3, 0.4) is 0 Å². The Morgan fingerprint density at radius 1 is 1.25 bits per heavy atom. The van der Waals surface area contributed by atoms with E-state index < -0.39 is 0 Å². The van der Waals surface area contributed by atoms with E-state index >= 15 is 0 Å². The Hall–Kier alpha value is -1.15. The quantitative estimate of drug-likeness (QED) is 0.810. The van der Waals surface area contributed by atoms with E-state index in [0.717, 1.165) is 18.4 Å². The number of hydrogen-bond donors (Lipinski definition) is 0. The summed E-state index contributed by atoms with van der Waals surface area (Å²) in [6.07, 6.45) is 4.13. The average molecular weight is 274 g/mol. The molecule has 0 saturated heterocycles. The summed E-state index contributed by atoms with van der Waals surface area (Å²) in [6.45, 7) is 7.13. The van der Waals surface area contributed by atoms with Crippen molar-refractivity contribution in [3.8, 4) is 0 Å². The number of carbonyl (C=O) groups excluding carboxylic acids is 1. The molecular weight excluding hydrogens is 248 g/mol. The lowest BCUT2D eigenvalue weighted by Crippen LogP contribution is -2.33. The highest BCUT2D eigenvalue weighted by molar-refractivity contribution is 5.82. The van der Waals surface area contributed by atoms with E-state index in [1.54, 1.807) is 0 Å². The summed E-state index contributed by atoms with van der Waals surface area (Å²) in [6, 6.07) is 9.88. The van der Waals surface area contributed by atoms with Gasteiger partial charge in [-0.1, -0.05) is 51.1 Å². The molecule has 0 aliphatic heterocycles. The number of rotatable bonds is 5. The fourth-order valence-corrected chi connectivity index (χ4v) is 3.47. The van der Waals surface area contributed by atoms with Crippen LogP contribution in [0, 0.1) is 11.3 Å². The number of ketones is 1. The van der Waals surface area contributed by atoms with Crippen LogP contribution in [0.2, 0.25) is 0 Å². The highest BCUT2D eigenvalue weighted by atomic mass is 16.5. The van der Waals surface area contributed by atoms with Gasteiger partial charge in [-0.15, -0.1) is 0 Å². The molecule has 2 heteroatoms. The van der Waals surface area contributed by atoms with Gasteiger partial charge in [0.1, 0.15) is 6.61 Å². The maximum Gasteiger partial charge on any atom is 0.162 e. The molecule has 2 nitrogen and oxygen atoms in total. The molecule has 0 spiro atoms. The fourth-order valence-electron chi connectivity index (χ4n) is 3.47. The summed E-state index contributed by atoms with van der Waals surface area (Å²) in [5.74, 6) is 0.861. The first-order valence-corrected chi connectivity index (χ1v) is 7.62. The van der Waals surface area contributed by atoms with Crippen LogP contribution in [0.4, 0.5) is 0 Å². The van der Waals surface area contributed by atoms with Gasteiger partial charge in [0, 0.05) is 6.42 Å². The highest BCUT2D eigenvalue weighted by Crippen LogP contribution is 2.39. The van der Waals surface area contributed by atoms with Gasteiger partial charge in [0.15, 0.2) is 5.78 Å². The van der Waals surface area contributed by atoms with Crippen LogP contribution in [-0.4, -0.2) is 18.5 Å². The molecule has 2 rings (SSSR count). The molecule has 1 fully saturated rings.